The standard InChI is InChI=1S/C14H16N2O3/c1-10-4-2-3-5-12(10)16-14(18)15-8-13(17)11-6-7-19-9-11/h2-7,9,13,17H,8H2,1H3,(H2,15,16,18)/t13-/m1/s1. The minimum atomic E-state index is -0.777. The number of amides is 2. The summed E-state index contributed by atoms with van der Waals surface area (Å²) in [5.74, 6) is 0. The van der Waals surface area contributed by atoms with E-state index in [2.05, 4.69) is 10.6 Å². The van der Waals surface area contributed by atoms with Crippen molar-refractivity contribution in [3.8, 4) is 0 Å². The fourth-order valence-corrected chi connectivity index (χ4v) is 1.65. The fraction of sp³-hybridized carbons (Fsp3) is 0.214. The molecule has 0 unspecified atom stereocenters. The molecule has 1 heterocycles. The summed E-state index contributed by atoms with van der Waals surface area (Å²) in [6.45, 7) is 2.03. The summed E-state index contributed by atoms with van der Waals surface area (Å²) in [6.07, 6.45) is 2.15. The second-order valence-electron chi connectivity index (χ2n) is 4.22. The number of urea groups is 1. The fourth-order valence-electron chi connectivity index (χ4n) is 1.65. The summed E-state index contributed by atoms with van der Waals surface area (Å²) >= 11 is 0. The van der Waals surface area contributed by atoms with Crippen LogP contribution in [0.3, 0.4) is 0 Å². The zero-order valence-electron chi connectivity index (χ0n) is 10.6. The molecule has 0 radical (unpaired) electrons. The normalized spacial score (nSPS) is 11.9. The van der Waals surface area contributed by atoms with Crippen molar-refractivity contribution < 1.29 is 14.3 Å². The Kier molecular flexibility index (Phi) is 4.20. The topological polar surface area (TPSA) is 74.5 Å². The summed E-state index contributed by atoms with van der Waals surface area (Å²) in [4.78, 5) is 11.7. The minimum absolute atomic E-state index is 0.122. The lowest BCUT2D eigenvalue weighted by Crippen LogP contribution is -2.32. The second kappa shape index (κ2) is 6.06. The lowest BCUT2D eigenvalue weighted by molar-refractivity contribution is 0.174. The van der Waals surface area contributed by atoms with E-state index >= 15 is 0 Å². The summed E-state index contributed by atoms with van der Waals surface area (Å²) < 4.78 is 4.87. The van der Waals surface area contributed by atoms with Crippen molar-refractivity contribution in [2.24, 2.45) is 0 Å². The number of rotatable bonds is 4. The highest BCUT2D eigenvalue weighted by atomic mass is 16.3. The third-order valence-corrected chi connectivity index (χ3v) is 2.78. The van der Waals surface area contributed by atoms with Crippen LogP contribution >= 0.6 is 0 Å². The number of aryl methyl sites for hydroxylation is 1. The number of carbonyl (C=O) groups excluding carboxylic acids is 1. The predicted octanol–water partition coefficient (Wildman–Crippen LogP) is 2.44. The molecule has 1 aromatic heterocycles. The van der Waals surface area contributed by atoms with Gasteiger partial charge >= 0.3 is 6.03 Å². The van der Waals surface area contributed by atoms with Gasteiger partial charge in [0.1, 0.15) is 0 Å². The van der Waals surface area contributed by atoms with E-state index in [0.717, 1.165) is 11.3 Å². The molecule has 0 saturated carbocycles. The molecule has 0 aliphatic carbocycles. The molecule has 2 amide bonds. The van der Waals surface area contributed by atoms with Crippen LogP contribution in [0, 0.1) is 6.92 Å². The summed E-state index contributed by atoms with van der Waals surface area (Å²) in [7, 11) is 0. The largest absolute Gasteiger partial charge is 0.472 e. The summed E-state index contributed by atoms with van der Waals surface area (Å²) in [5, 5.41) is 15.1. The molecule has 0 bridgehead atoms. The number of carbonyl (C=O) groups is 1. The van der Waals surface area contributed by atoms with Gasteiger partial charge in [0, 0.05) is 17.8 Å². The monoisotopic (exact) mass is 260 g/mol. The van der Waals surface area contributed by atoms with Crippen molar-refractivity contribution in [2.75, 3.05) is 11.9 Å². The van der Waals surface area contributed by atoms with Crippen molar-refractivity contribution >= 4 is 11.7 Å². The summed E-state index contributed by atoms with van der Waals surface area (Å²) in [6, 6.07) is 8.80. The van der Waals surface area contributed by atoms with E-state index < -0.39 is 6.10 Å². The minimum Gasteiger partial charge on any atom is -0.472 e. The molecule has 5 heteroatoms. The first-order valence-electron chi connectivity index (χ1n) is 5.97. The maximum atomic E-state index is 11.7. The maximum Gasteiger partial charge on any atom is 0.319 e. The van der Waals surface area contributed by atoms with Crippen molar-refractivity contribution in [2.45, 2.75) is 13.0 Å². The molecule has 5 nitrogen and oxygen atoms in total. The number of aliphatic hydroxyl groups is 1. The molecular weight excluding hydrogens is 244 g/mol. The van der Waals surface area contributed by atoms with Gasteiger partial charge in [0.2, 0.25) is 0 Å². The van der Waals surface area contributed by atoms with E-state index in [1.165, 1.54) is 12.5 Å². The molecule has 0 fully saturated rings. The Morgan fingerprint density at radius 3 is 2.84 bits per heavy atom. The van der Waals surface area contributed by atoms with Crippen LogP contribution < -0.4 is 10.6 Å². The number of para-hydroxylation sites is 1. The molecular formula is C14H16N2O3. The van der Waals surface area contributed by atoms with Crippen LogP contribution in [0.15, 0.2) is 47.3 Å². The van der Waals surface area contributed by atoms with E-state index in [-0.39, 0.29) is 12.6 Å². The second-order valence-corrected chi connectivity index (χ2v) is 4.22. The molecule has 0 saturated heterocycles. The lowest BCUT2D eigenvalue weighted by atomic mass is 10.2. The molecule has 100 valence electrons. The molecule has 2 rings (SSSR count). The Bertz CT molecular complexity index is 537. The number of anilines is 1. The maximum absolute atomic E-state index is 11.7. The van der Waals surface area contributed by atoms with Crippen LogP contribution in [-0.4, -0.2) is 17.7 Å². The van der Waals surface area contributed by atoms with Gasteiger partial charge < -0.3 is 20.2 Å². The van der Waals surface area contributed by atoms with Crippen molar-refractivity contribution in [3.63, 3.8) is 0 Å². The van der Waals surface area contributed by atoms with Crippen molar-refractivity contribution in [3.05, 3.63) is 54.0 Å². The molecule has 3 N–H and O–H groups in total. The number of benzene rings is 1. The smallest absolute Gasteiger partial charge is 0.319 e. The Labute approximate surface area is 111 Å². The van der Waals surface area contributed by atoms with Gasteiger partial charge in [-0.05, 0) is 24.6 Å². The van der Waals surface area contributed by atoms with Crippen LogP contribution in [0.25, 0.3) is 0 Å². The first-order valence-corrected chi connectivity index (χ1v) is 5.97. The highest BCUT2D eigenvalue weighted by Crippen LogP contribution is 2.14. The zero-order chi connectivity index (χ0) is 13.7. The molecule has 0 spiro atoms. The first kappa shape index (κ1) is 13.2. The van der Waals surface area contributed by atoms with Crippen molar-refractivity contribution in [1.82, 2.24) is 5.32 Å². The van der Waals surface area contributed by atoms with Gasteiger partial charge in [0.05, 0.1) is 18.6 Å². The van der Waals surface area contributed by atoms with Crippen molar-refractivity contribution in [1.29, 1.82) is 0 Å². The molecule has 19 heavy (non-hydrogen) atoms. The van der Waals surface area contributed by atoms with Gasteiger partial charge in [0.25, 0.3) is 0 Å². The van der Waals surface area contributed by atoms with Crippen LogP contribution in [-0.2, 0) is 0 Å². The van der Waals surface area contributed by atoms with E-state index in [0.29, 0.717) is 5.56 Å². The van der Waals surface area contributed by atoms with E-state index in [9.17, 15) is 9.90 Å². The van der Waals surface area contributed by atoms with Crippen LogP contribution in [0.4, 0.5) is 10.5 Å². The molecule has 1 atom stereocenters. The van der Waals surface area contributed by atoms with Gasteiger partial charge in [-0.15, -0.1) is 0 Å². The summed E-state index contributed by atoms with van der Waals surface area (Å²) in [5.41, 5.74) is 2.36. The van der Waals surface area contributed by atoms with Crippen LogP contribution in [0.1, 0.15) is 17.2 Å². The average Bonchev–Trinajstić information content (AvgIpc) is 2.93. The van der Waals surface area contributed by atoms with Gasteiger partial charge in [-0.3, -0.25) is 0 Å². The van der Waals surface area contributed by atoms with Gasteiger partial charge in [0.15, 0.2) is 0 Å². The third-order valence-electron chi connectivity index (χ3n) is 2.78. The van der Waals surface area contributed by atoms with Crippen LogP contribution in [0.2, 0.25) is 0 Å². The van der Waals surface area contributed by atoms with E-state index in [1.54, 1.807) is 6.07 Å². The number of furan rings is 1. The Hall–Kier alpha value is -2.27. The average molecular weight is 260 g/mol. The molecule has 1 aromatic carbocycles. The number of aliphatic hydroxyl groups excluding tert-OH is 1. The van der Waals surface area contributed by atoms with Crippen LogP contribution in [0.5, 0.6) is 0 Å². The highest BCUT2D eigenvalue weighted by molar-refractivity contribution is 5.90. The SMILES string of the molecule is Cc1ccccc1NC(=O)NC[C@@H](O)c1ccoc1. The number of hydrogen-bond donors (Lipinski definition) is 3. The van der Waals surface area contributed by atoms with E-state index in [4.69, 9.17) is 4.42 Å². The lowest BCUT2D eigenvalue weighted by Gasteiger charge is -2.12. The Morgan fingerprint density at radius 1 is 1.37 bits per heavy atom. The zero-order valence-corrected chi connectivity index (χ0v) is 10.6. The molecule has 0 aliphatic heterocycles. The van der Waals surface area contributed by atoms with Gasteiger partial charge in [-0.25, -0.2) is 4.79 Å². The number of hydrogen-bond acceptors (Lipinski definition) is 3. The Morgan fingerprint density at radius 2 is 2.16 bits per heavy atom. The van der Waals surface area contributed by atoms with Gasteiger partial charge in [-0.1, -0.05) is 18.2 Å². The quantitative estimate of drug-likeness (QED) is 0.790. The number of nitrogens with one attached hydrogen (secondary N) is 2. The molecule has 0 aliphatic rings. The van der Waals surface area contributed by atoms with Gasteiger partial charge in [-0.2, -0.15) is 0 Å². The third kappa shape index (κ3) is 3.59. The predicted molar refractivity (Wildman–Crippen MR) is 71.9 cm³/mol. The first-order chi connectivity index (χ1) is 9.16. The highest BCUT2D eigenvalue weighted by Gasteiger charge is 2.10. The molecule has 2 aromatic rings. The Balaban J connectivity index is 1.84. The van der Waals surface area contributed by atoms with E-state index in [1.807, 2.05) is 31.2 Å².